The number of nitrogens with one attached hydrogen (secondary N) is 1. The fourth-order valence-electron chi connectivity index (χ4n) is 1.84. The van der Waals surface area contributed by atoms with Crippen molar-refractivity contribution in [2.45, 2.75) is 13.3 Å². The minimum Gasteiger partial charge on any atom is -0.497 e. The van der Waals surface area contributed by atoms with Crippen LogP contribution < -0.4 is 15.0 Å². The second kappa shape index (κ2) is 4.45. The molecular formula is C12H14N2O3. The number of nitrogens with zero attached hydrogens (tertiary/aromatic N) is 1. The predicted octanol–water partition coefficient (Wildman–Crippen LogP) is 1.39. The molecule has 0 spiro atoms. The van der Waals surface area contributed by atoms with Crippen molar-refractivity contribution >= 4 is 23.2 Å². The Bertz CT molecular complexity index is 471. The number of carbonyl (C=O) groups excluding carboxylic acids is 2. The van der Waals surface area contributed by atoms with Gasteiger partial charge in [-0.3, -0.25) is 9.59 Å². The molecule has 1 aromatic rings. The SMILES string of the molecule is COc1ccc2c(c1)N(C(C)=O)CCC(=O)N2. The number of rotatable bonds is 1. The number of ether oxygens (including phenoxy) is 1. The second-order valence-corrected chi connectivity index (χ2v) is 3.85. The molecule has 2 amide bonds. The molecule has 0 fully saturated rings. The largest absolute Gasteiger partial charge is 0.497 e. The van der Waals surface area contributed by atoms with Gasteiger partial charge in [0.25, 0.3) is 0 Å². The van der Waals surface area contributed by atoms with Gasteiger partial charge < -0.3 is 15.0 Å². The van der Waals surface area contributed by atoms with Crippen molar-refractivity contribution in [3.05, 3.63) is 18.2 Å². The molecular weight excluding hydrogens is 220 g/mol. The van der Waals surface area contributed by atoms with Crippen molar-refractivity contribution in [3.63, 3.8) is 0 Å². The van der Waals surface area contributed by atoms with Gasteiger partial charge in [-0.15, -0.1) is 0 Å². The lowest BCUT2D eigenvalue weighted by Gasteiger charge is -2.20. The van der Waals surface area contributed by atoms with Crippen LogP contribution in [0.5, 0.6) is 5.75 Å². The van der Waals surface area contributed by atoms with Crippen molar-refractivity contribution in [2.75, 3.05) is 23.9 Å². The maximum atomic E-state index is 11.6. The quantitative estimate of drug-likeness (QED) is 0.798. The van der Waals surface area contributed by atoms with Gasteiger partial charge >= 0.3 is 0 Å². The molecule has 90 valence electrons. The summed E-state index contributed by atoms with van der Waals surface area (Å²) < 4.78 is 5.13. The highest BCUT2D eigenvalue weighted by Crippen LogP contribution is 2.32. The average Bonchev–Trinajstić information content (AvgIpc) is 2.46. The van der Waals surface area contributed by atoms with Crippen LogP contribution in [0.4, 0.5) is 11.4 Å². The van der Waals surface area contributed by atoms with E-state index in [0.29, 0.717) is 30.1 Å². The van der Waals surface area contributed by atoms with Gasteiger partial charge in [0.15, 0.2) is 0 Å². The normalized spacial score (nSPS) is 14.7. The summed E-state index contributed by atoms with van der Waals surface area (Å²) in [5.74, 6) is 0.488. The average molecular weight is 234 g/mol. The molecule has 0 atom stereocenters. The summed E-state index contributed by atoms with van der Waals surface area (Å²) in [5.41, 5.74) is 1.33. The van der Waals surface area contributed by atoms with Crippen LogP contribution >= 0.6 is 0 Å². The molecule has 0 unspecified atom stereocenters. The zero-order valence-electron chi connectivity index (χ0n) is 9.82. The lowest BCUT2D eigenvalue weighted by atomic mass is 10.2. The lowest BCUT2D eigenvalue weighted by molar-refractivity contribution is -0.117. The van der Waals surface area contributed by atoms with Gasteiger partial charge in [-0.25, -0.2) is 0 Å². The van der Waals surface area contributed by atoms with Gasteiger partial charge in [0.1, 0.15) is 5.75 Å². The standard InChI is InChI=1S/C12H14N2O3/c1-8(15)14-6-5-12(16)13-10-4-3-9(17-2)7-11(10)14/h3-4,7H,5-6H2,1-2H3,(H,13,16). The Labute approximate surface area is 99.4 Å². The number of hydrogen-bond acceptors (Lipinski definition) is 3. The van der Waals surface area contributed by atoms with Crippen LogP contribution in [-0.2, 0) is 9.59 Å². The van der Waals surface area contributed by atoms with Gasteiger partial charge in [0, 0.05) is 26.0 Å². The zero-order valence-corrected chi connectivity index (χ0v) is 9.82. The van der Waals surface area contributed by atoms with E-state index in [1.54, 1.807) is 30.2 Å². The number of anilines is 2. The number of carbonyl (C=O) groups is 2. The molecule has 0 aromatic heterocycles. The summed E-state index contributed by atoms with van der Waals surface area (Å²) in [6.07, 6.45) is 0.302. The van der Waals surface area contributed by atoms with E-state index in [0.717, 1.165) is 0 Å². The monoisotopic (exact) mass is 234 g/mol. The van der Waals surface area contributed by atoms with Crippen LogP contribution in [-0.4, -0.2) is 25.5 Å². The number of methoxy groups -OCH3 is 1. The van der Waals surface area contributed by atoms with Crippen LogP contribution in [0.25, 0.3) is 0 Å². The summed E-state index contributed by atoms with van der Waals surface area (Å²) >= 11 is 0. The molecule has 1 heterocycles. The van der Waals surface area contributed by atoms with Gasteiger partial charge in [0.05, 0.1) is 18.5 Å². The fraction of sp³-hybridized carbons (Fsp3) is 0.333. The van der Waals surface area contributed by atoms with Crippen molar-refractivity contribution < 1.29 is 14.3 Å². The first-order valence-electron chi connectivity index (χ1n) is 5.38. The Kier molecular flexibility index (Phi) is 2.99. The van der Waals surface area contributed by atoms with Crippen molar-refractivity contribution in [3.8, 4) is 5.75 Å². The summed E-state index contributed by atoms with van der Waals surface area (Å²) in [6, 6.07) is 5.25. The van der Waals surface area contributed by atoms with Gasteiger partial charge in [-0.2, -0.15) is 0 Å². The highest BCUT2D eigenvalue weighted by molar-refractivity contribution is 6.03. The second-order valence-electron chi connectivity index (χ2n) is 3.85. The first kappa shape index (κ1) is 11.4. The minimum atomic E-state index is -0.0870. The Morgan fingerprint density at radius 3 is 2.88 bits per heavy atom. The maximum Gasteiger partial charge on any atom is 0.226 e. The molecule has 5 heteroatoms. The molecule has 0 bridgehead atoms. The minimum absolute atomic E-state index is 0.0832. The molecule has 0 radical (unpaired) electrons. The first-order chi connectivity index (χ1) is 8.11. The fourth-order valence-corrected chi connectivity index (χ4v) is 1.84. The van der Waals surface area contributed by atoms with Crippen molar-refractivity contribution in [1.29, 1.82) is 0 Å². The van der Waals surface area contributed by atoms with Crippen LogP contribution in [0.1, 0.15) is 13.3 Å². The van der Waals surface area contributed by atoms with E-state index in [1.165, 1.54) is 6.92 Å². The smallest absolute Gasteiger partial charge is 0.226 e. The molecule has 0 aliphatic carbocycles. The summed E-state index contributed by atoms with van der Waals surface area (Å²) in [7, 11) is 1.56. The Morgan fingerprint density at radius 1 is 1.47 bits per heavy atom. The van der Waals surface area contributed by atoms with E-state index in [2.05, 4.69) is 5.32 Å². The van der Waals surface area contributed by atoms with Crippen LogP contribution in [0, 0.1) is 0 Å². The Hall–Kier alpha value is -2.04. The van der Waals surface area contributed by atoms with Gasteiger partial charge in [0.2, 0.25) is 11.8 Å². The maximum absolute atomic E-state index is 11.6. The number of hydrogen-bond donors (Lipinski definition) is 1. The Balaban J connectivity index is 2.49. The van der Waals surface area contributed by atoms with E-state index < -0.39 is 0 Å². The highest BCUT2D eigenvalue weighted by Gasteiger charge is 2.22. The van der Waals surface area contributed by atoms with Crippen molar-refractivity contribution in [2.24, 2.45) is 0 Å². The zero-order chi connectivity index (χ0) is 12.4. The van der Waals surface area contributed by atoms with Crippen molar-refractivity contribution in [1.82, 2.24) is 0 Å². The summed E-state index contributed by atoms with van der Waals surface area (Å²) in [5, 5.41) is 2.77. The first-order valence-corrected chi connectivity index (χ1v) is 5.38. The van der Waals surface area contributed by atoms with Crippen LogP contribution in [0.15, 0.2) is 18.2 Å². The molecule has 1 aliphatic heterocycles. The molecule has 2 rings (SSSR count). The molecule has 17 heavy (non-hydrogen) atoms. The van der Waals surface area contributed by atoms with E-state index >= 15 is 0 Å². The van der Waals surface area contributed by atoms with E-state index in [4.69, 9.17) is 4.74 Å². The molecule has 1 aromatic carbocycles. The number of amides is 2. The molecule has 1 N–H and O–H groups in total. The topological polar surface area (TPSA) is 58.6 Å². The number of fused-ring (bicyclic) bond motifs is 1. The van der Waals surface area contributed by atoms with Gasteiger partial charge in [-0.1, -0.05) is 0 Å². The Morgan fingerprint density at radius 2 is 2.24 bits per heavy atom. The molecule has 0 saturated heterocycles. The van der Waals surface area contributed by atoms with Gasteiger partial charge in [-0.05, 0) is 12.1 Å². The van der Waals surface area contributed by atoms with E-state index in [1.807, 2.05) is 0 Å². The summed E-state index contributed by atoms with van der Waals surface area (Å²) in [6.45, 7) is 1.88. The molecule has 5 nitrogen and oxygen atoms in total. The third-order valence-electron chi connectivity index (χ3n) is 2.71. The van der Waals surface area contributed by atoms with E-state index in [9.17, 15) is 9.59 Å². The predicted molar refractivity (Wildman–Crippen MR) is 64.3 cm³/mol. The number of benzene rings is 1. The highest BCUT2D eigenvalue weighted by atomic mass is 16.5. The lowest BCUT2D eigenvalue weighted by Crippen LogP contribution is -2.29. The van der Waals surface area contributed by atoms with E-state index in [-0.39, 0.29) is 11.8 Å². The molecule has 0 saturated carbocycles. The van der Waals surface area contributed by atoms with Crippen LogP contribution in [0.2, 0.25) is 0 Å². The molecule has 1 aliphatic rings. The summed E-state index contributed by atoms with van der Waals surface area (Å²) in [4.78, 5) is 24.6. The third-order valence-corrected chi connectivity index (χ3v) is 2.71. The van der Waals surface area contributed by atoms with Crippen LogP contribution in [0.3, 0.4) is 0 Å². The third kappa shape index (κ3) is 2.22.